The number of nitrogens with zero attached hydrogens (tertiary/aromatic N) is 2. The van der Waals surface area contributed by atoms with Gasteiger partial charge in [0.1, 0.15) is 6.61 Å². The standard InChI is InChI=1S/C21H22N4O3S/c1-14(15-7-9-16(10-8-15)23-21-22-11-4-12-29-21)24-25-20(26)19-13-27-17-5-2-3-6-18(17)28-19/h2-3,5-10,19H,4,11-13H2,1H3,(H,22,23)(H,25,26)/b24-14-/t19-/m0/s1. The number of ether oxygens (including phenoxy) is 2. The van der Waals surface area contributed by atoms with Crippen molar-refractivity contribution in [3.8, 4) is 11.5 Å². The number of anilines is 1. The van der Waals surface area contributed by atoms with Gasteiger partial charge in [-0.25, -0.2) is 5.43 Å². The molecule has 0 fully saturated rings. The van der Waals surface area contributed by atoms with Gasteiger partial charge in [0, 0.05) is 18.0 Å². The Bertz CT molecular complexity index is 943. The fourth-order valence-electron chi connectivity index (χ4n) is 2.88. The smallest absolute Gasteiger partial charge is 0.284 e. The molecular weight excluding hydrogens is 388 g/mol. The monoisotopic (exact) mass is 410 g/mol. The summed E-state index contributed by atoms with van der Waals surface area (Å²) in [6.07, 6.45) is 0.391. The molecule has 4 rings (SSSR count). The van der Waals surface area contributed by atoms with E-state index in [0.29, 0.717) is 17.2 Å². The molecule has 0 aliphatic carbocycles. The van der Waals surface area contributed by atoms with E-state index in [1.807, 2.05) is 49.4 Å². The maximum atomic E-state index is 12.4. The third kappa shape index (κ3) is 4.89. The van der Waals surface area contributed by atoms with E-state index in [1.165, 1.54) is 0 Å². The highest BCUT2D eigenvalue weighted by Gasteiger charge is 2.27. The van der Waals surface area contributed by atoms with E-state index in [0.717, 1.165) is 35.1 Å². The topological polar surface area (TPSA) is 84.3 Å². The van der Waals surface area contributed by atoms with Crippen LogP contribution < -0.4 is 20.2 Å². The van der Waals surface area contributed by atoms with E-state index in [4.69, 9.17) is 9.47 Å². The predicted molar refractivity (Wildman–Crippen MR) is 116 cm³/mol. The zero-order valence-electron chi connectivity index (χ0n) is 16.1. The number of hydrogen-bond donors (Lipinski definition) is 2. The Morgan fingerprint density at radius 2 is 1.97 bits per heavy atom. The highest BCUT2D eigenvalue weighted by Crippen LogP contribution is 2.30. The molecule has 2 aliphatic heterocycles. The summed E-state index contributed by atoms with van der Waals surface area (Å²) in [5.74, 6) is 1.95. The Morgan fingerprint density at radius 3 is 2.72 bits per heavy atom. The number of carbonyl (C=O) groups excluding carboxylic acids is 1. The molecule has 2 N–H and O–H groups in total. The Morgan fingerprint density at radius 1 is 1.17 bits per heavy atom. The van der Waals surface area contributed by atoms with E-state index in [9.17, 15) is 4.79 Å². The molecule has 29 heavy (non-hydrogen) atoms. The van der Waals surface area contributed by atoms with Gasteiger partial charge in [-0.15, -0.1) is 0 Å². The zero-order chi connectivity index (χ0) is 20.1. The molecule has 0 aromatic heterocycles. The molecule has 1 amide bonds. The summed E-state index contributed by atoms with van der Waals surface area (Å²) >= 11 is 1.73. The van der Waals surface area contributed by atoms with Gasteiger partial charge in [-0.2, -0.15) is 5.10 Å². The fourth-order valence-corrected chi connectivity index (χ4v) is 3.72. The van der Waals surface area contributed by atoms with Crippen molar-refractivity contribution in [1.82, 2.24) is 5.43 Å². The molecule has 0 saturated heterocycles. The van der Waals surface area contributed by atoms with Gasteiger partial charge >= 0.3 is 0 Å². The number of fused-ring (bicyclic) bond motifs is 1. The molecule has 2 heterocycles. The number of hydrazone groups is 1. The van der Waals surface area contributed by atoms with Gasteiger partial charge in [0.25, 0.3) is 5.91 Å². The van der Waals surface area contributed by atoms with Gasteiger partial charge in [-0.1, -0.05) is 36.0 Å². The first-order chi connectivity index (χ1) is 14.2. The number of hydrogen-bond acceptors (Lipinski definition) is 7. The van der Waals surface area contributed by atoms with Crippen molar-refractivity contribution in [2.45, 2.75) is 19.4 Å². The van der Waals surface area contributed by atoms with E-state index < -0.39 is 6.10 Å². The van der Waals surface area contributed by atoms with Crippen LogP contribution in [0.5, 0.6) is 11.5 Å². The van der Waals surface area contributed by atoms with Crippen LogP contribution in [0.2, 0.25) is 0 Å². The number of rotatable bonds is 4. The minimum Gasteiger partial charge on any atom is -0.485 e. The molecule has 150 valence electrons. The number of nitrogens with one attached hydrogen (secondary N) is 2. The van der Waals surface area contributed by atoms with Crippen molar-refractivity contribution in [2.75, 3.05) is 24.2 Å². The Balaban J connectivity index is 1.34. The number of carbonyl (C=O) groups is 1. The van der Waals surface area contributed by atoms with Crippen molar-refractivity contribution in [3.63, 3.8) is 0 Å². The lowest BCUT2D eigenvalue weighted by molar-refractivity contribution is -0.130. The molecular formula is C21H22N4O3S. The van der Waals surface area contributed by atoms with E-state index >= 15 is 0 Å². The van der Waals surface area contributed by atoms with Crippen molar-refractivity contribution >= 4 is 34.2 Å². The number of thioether (sulfide) groups is 1. The van der Waals surface area contributed by atoms with Crippen LogP contribution in [0.3, 0.4) is 0 Å². The van der Waals surface area contributed by atoms with Crippen molar-refractivity contribution in [3.05, 3.63) is 54.1 Å². The molecule has 2 aliphatic rings. The Kier molecular flexibility index (Phi) is 6.00. The molecule has 7 nitrogen and oxygen atoms in total. The van der Waals surface area contributed by atoms with E-state index in [-0.39, 0.29) is 12.5 Å². The van der Waals surface area contributed by atoms with Crippen LogP contribution >= 0.6 is 11.8 Å². The van der Waals surface area contributed by atoms with Gasteiger partial charge in [-0.05, 0) is 43.2 Å². The molecule has 0 saturated carbocycles. The molecule has 8 heteroatoms. The maximum absolute atomic E-state index is 12.4. The summed E-state index contributed by atoms with van der Waals surface area (Å²) in [4.78, 5) is 16.8. The first-order valence-corrected chi connectivity index (χ1v) is 10.4. The van der Waals surface area contributed by atoms with Crippen molar-refractivity contribution in [1.29, 1.82) is 0 Å². The van der Waals surface area contributed by atoms with Crippen LogP contribution in [-0.4, -0.2) is 41.8 Å². The summed E-state index contributed by atoms with van der Waals surface area (Å²) in [7, 11) is 0. The second kappa shape index (κ2) is 9.00. The lowest BCUT2D eigenvalue weighted by Crippen LogP contribution is -2.42. The predicted octanol–water partition coefficient (Wildman–Crippen LogP) is 3.27. The third-order valence-corrected chi connectivity index (χ3v) is 5.48. The quantitative estimate of drug-likeness (QED) is 0.597. The number of amidine groups is 1. The lowest BCUT2D eigenvalue weighted by Gasteiger charge is -2.24. The summed E-state index contributed by atoms with van der Waals surface area (Å²) in [6.45, 7) is 2.87. The van der Waals surface area contributed by atoms with Crippen molar-refractivity contribution in [2.24, 2.45) is 10.1 Å². The van der Waals surface area contributed by atoms with Crippen LogP contribution in [0.4, 0.5) is 5.69 Å². The number of para-hydroxylation sites is 2. The molecule has 0 bridgehead atoms. The highest BCUT2D eigenvalue weighted by atomic mass is 32.2. The summed E-state index contributed by atoms with van der Waals surface area (Å²) in [5.41, 5.74) is 5.16. The normalized spacial score (nSPS) is 18.6. The second-order valence-electron chi connectivity index (χ2n) is 6.63. The SMILES string of the molecule is C/C(=N/NC(=O)[C@@H]1COc2ccccc2O1)c1ccc(NC2=NCCCS2)cc1. The molecule has 0 spiro atoms. The van der Waals surface area contributed by atoms with Gasteiger partial charge in [0.15, 0.2) is 16.7 Å². The number of aliphatic imine (C=N–C) groups is 1. The summed E-state index contributed by atoms with van der Waals surface area (Å²) < 4.78 is 11.3. The molecule has 2 aromatic carbocycles. The minimum absolute atomic E-state index is 0.152. The van der Waals surface area contributed by atoms with Crippen LogP contribution in [0.25, 0.3) is 0 Å². The third-order valence-electron chi connectivity index (χ3n) is 4.49. The van der Waals surface area contributed by atoms with Gasteiger partial charge in [0.2, 0.25) is 6.10 Å². The fraction of sp³-hybridized carbons (Fsp3) is 0.286. The molecule has 0 radical (unpaired) electrons. The molecule has 2 aromatic rings. The van der Waals surface area contributed by atoms with Gasteiger partial charge < -0.3 is 14.8 Å². The largest absolute Gasteiger partial charge is 0.485 e. The van der Waals surface area contributed by atoms with Crippen LogP contribution in [-0.2, 0) is 4.79 Å². The minimum atomic E-state index is -0.734. The second-order valence-corrected chi connectivity index (χ2v) is 7.71. The van der Waals surface area contributed by atoms with Crippen LogP contribution in [0, 0.1) is 0 Å². The first-order valence-electron chi connectivity index (χ1n) is 9.46. The average molecular weight is 410 g/mol. The number of amides is 1. The molecule has 0 unspecified atom stereocenters. The summed E-state index contributed by atoms with van der Waals surface area (Å²) in [5, 5.41) is 8.48. The van der Waals surface area contributed by atoms with Gasteiger partial charge in [-0.3, -0.25) is 9.79 Å². The first kappa shape index (κ1) is 19.3. The van der Waals surface area contributed by atoms with Crippen molar-refractivity contribution < 1.29 is 14.3 Å². The highest BCUT2D eigenvalue weighted by molar-refractivity contribution is 8.14. The Labute approximate surface area is 173 Å². The van der Waals surface area contributed by atoms with E-state index in [1.54, 1.807) is 17.8 Å². The van der Waals surface area contributed by atoms with E-state index in [2.05, 4.69) is 20.8 Å². The zero-order valence-corrected chi connectivity index (χ0v) is 16.9. The lowest BCUT2D eigenvalue weighted by atomic mass is 10.1. The van der Waals surface area contributed by atoms with Crippen LogP contribution in [0.15, 0.2) is 58.6 Å². The Hall–Kier alpha value is -3.00. The maximum Gasteiger partial charge on any atom is 0.284 e. The molecule has 1 atom stereocenters. The average Bonchev–Trinajstić information content (AvgIpc) is 2.78. The number of benzene rings is 2. The van der Waals surface area contributed by atoms with Crippen LogP contribution in [0.1, 0.15) is 18.9 Å². The van der Waals surface area contributed by atoms with Gasteiger partial charge in [0.05, 0.1) is 5.71 Å². The summed E-state index contributed by atoms with van der Waals surface area (Å²) in [6, 6.07) is 15.1.